The molecule has 0 fully saturated rings. The summed E-state index contributed by atoms with van der Waals surface area (Å²) in [4.78, 5) is 9.44. The van der Waals surface area contributed by atoms with E-state index in [1.807, 2.05) is 0 Å². The van der Waals surface area contributed by atoms with Gasteiger partial charge in [0.1, 0.15) is 17.5 Å². The van der Waals surface area contributed by atoms with Crippen LogP contribution in [0.4, 0.5) is 0 Å². The third-order valence-electron chi connectivity index (χ3n) is 1.04. The average molecular weight is 290 g/mol. The number of Topliss-reactive ketones (excluding diaryl/α,β-unsaturated/α-hetero) is 1. The van der Waals surface area contributed by atoms with Crippen LogP contribution in [-0.4, -0.2) is 20.8 Å². The highest BCUT2D eigenvalue weighted by molar-refractivity contribution is 7.92. The van der Waals surface area contributed by atoms with Gasteiger partial charge in [0.25, 0.3) is 0 Å². The first kappa shape index (κ1) is 16.6. The Kier molecular flexibility index (Phi) is 9.93. The fraction of sp³-hybridized carbons (Fsp3) is 0.200. The molecule has 2 unspecified atom stereocenters. The van der Waals surface area contributed by atoms with Crippen LogP contribution in [0.3, 0.4) is 0 Å². The van der Waals surface area contributed by atoms with Gasteiger partial charge in [-0.25, -0.2) is 4.72 Å². The van der Waals surface area contributed by atoms with E-state index in [-0.39, 0.29) is 5.78 Å². The van der Waals surface area contributed by atoms with Gasteiger partial charge in [0.15, 0.2) is 0 Å². The zero-order valence-electron chi connectivity index (χ0n) is 9.94. The van der Waals surface area contributed by atoms with Crippen molar-refractivity contribution >= 4 is 34.6 Å². The molecule has 100 valence electrons. The number of carbonyl (C=O) groups is 1. The third kappa shape index (κ3) is 12.7. The molecule has 6 nitrogen and oxygen atoms in total. The van der Waals surface area contributed by atoms with Crippen molar-refractivity contribution in [1.82, 2.24) is 4.72 Å². The van der Waals surface area contributed by atoms with Gasteiger partial charge < -0.3 is 13.5 Å². The topological polar surface area (TPSA) is 90.8 Å². The highest BCUT2D eigenvalue weighted by Crippen LogP contribution is 1.92. The first-order valence-corrected chi connectivity index (χ1v) is 7.02. The maximum atomic E-state index is 10.3. The van der Waals surface area contributed by atoms with Crippen LogP contribution < -0.4 is 4.72 Å². The highest BCUT2D eigenvalue weighted by atomic mass is 32.2. The molecule has 0 radical (unpaired) electrons. The van der Waals surface area contributed by atoms with Crippen LogP contribution in [-0.2, 0) is 31.6 Å². The van der Waals surface area contributed by atoms with E-state index in [0.717, 1.165) is 0 Å². The summed E-state index contributed by atoms with van der Waals surface area (Å²) in [5.74, 6) is 0.167. The lowest BCUT2D eigenvalue weighted by molar-refractivity contribution is -0.114. The van der Waals surface area contributed by atoms with E-state index in [0.29, 0.717) is 0 Å². The van der Waals surface area contributed by atoms with Crippen LogP contribution in [0, 0.1) is 0 Å². The fourth-order valence-electron chi connectivity index (χ4n) is 0.542. The molecule has 0 amide bonds. The number of ketones is 1. The van der Waals surface area contributed by atoms with Gasteiger partial charge in [-0.1, -0.05) is 0 Å². The van der Waals surface area contributed by atoms with Crippen LogP contribution in [0.5, 0.6) is 0 Å². The Morgan fingerprint density at radius 2 is 2.06 bits per heavy atom. The predicted molar refractivity (Wildman–Crippen MR) is 72.8 cm³/mol. The summed E-state index contributed by atoms with van der Waals surface area (Å²) in [5.41, 5.74) is 0. The molecule has 2 aliphatic heterocycles. The monoisotopic (exact) mass is 290 g/mol. The SMILES string of the molecule is CC(C)=O.O=S1N=CC=CO1.[O-][S+]1C=CC=CN1. The fourth-order valence-corrected chi connectivity index (χ4v) is 1.45. The molecule has 0 aromatic carbocycles. The van der Waals surface area contributed by atoms with Crippen LogP contribution in [0.25, 0.3) is 0 Å². The van der Waals surface area contributed by atoms with E-state index in [1.54, 1.807) is 29.8 Å². The summed E-state index contributed by atoms with van der Waals surface area (Å²) in [5, 5.41) is 1.58. The van der Waals surface area contributed by atoms with Crippen molar-refractivity contribution in [1.29, 1.82) is 0 Å². The minimum atomic E-state index is -1.46. The standard InChI is InChI=1S/C4H5NOS.C3H3NO2S.C3H6O/c6-7-4-2-1-3-5-7;5-7-4-2-1-3-6-7;1-3(2)4/h1-5H;1-3H;1-2H3. The lowest BCUT2D eigenvalue weighted by Gasteiger charge is -2.03. The van der Waals surface area contributed by atoms with Crippen molar-refractivity contribution in [2.75, 3.05) is 0 Å². The molecule has 0 aromatic rings. The summed E-state index contributed by atoms with van der Waals surface area (Å²) in [7, 11) is 0. The van der Waals surface area contributed by atoms with E-state index < -0.39 is 22.6 Å². The van der Waals surface area contributed by atoms with Crippen molar-refractivity contribution in [3.05, 3.63) is 36.1 Å². The van der Waals surface area contributed by atoms with Gasteiger partial charge in [0.05, 0.1) is 11.4 Å². The van der Waals surface area contributed by atoms with Crippen LogP contribution in [0.2, 0.25) is 0 Å². The lowest BCUT2D eigenvalue weighted by atomic mass is 10.6. The molecule has 1 N–H and O–H groups in total. The second kappa shape index (κ2) is 10.8. The summed E-state index contributed by atoms with van der Waals surface area (Å²) >= 11 is -2.42. The largest absolute Gasteiger partial charge is 0.588 e. The molecule has 8 heteroatoms. The smallest absolute Gasteiger partial charge is 0.338 e. The molecule has 2 heterocycles. The predicted octanol–water partition coefficient (Wildman–Crippen LogP) is 1.06. The van der Waals surface area contributed by atoms with Crippen molar-refractivity contribution in [2.24, 2.45) is 4.40 Å². The van der Waals surface area contributed by atoms with Crippen LogP contribution in [0.15, 0.2) is 40.5 Å². The highest BCUT2D eigenvalue weighted by Gasteiger charge is 1.95. The van der Waals surface area contributed by atoms with Crippen molar-refractivity contribution in [3.63, 3.8) is 0 Å². The molecule has 2 rings (SSSR count). The van der Waals surface area contributed by atoms with Gasteiger partial charge in [-0.15, -0.1) is 0 Å². The maximum Gasteiger partial charge on any atom is 0.338 e. The Labute approximate surface area is 112 Å². The number of hydrogen-bond donors (Lipinski definition) is 1. The zero-order valence-corrected chi connectivity index (χ0v) is 11.6. The molecule has 0 aromatic heterocycles. The average Bonchev–Trinajstić information content (AvgIpc) is 2.31. The van der Waals surface area contributed by atoms with E-state index in [4.69, 9.17) is 0 Å². The summed E-state index contributed by atoms with van der Waals surface area (Å²) in [6, 6.07) is 0. The second-order valence-electron chi connectivity index (χ2n) is 2.91. The number of nitrogens with one attached hydrogen (secondary N) is 1. The number of rotatable bonds is 0. The van der Waals surface area contributed by atoms with Crippen molar-refractivity contribution < 1.29 is 17.7 Å². The Morgan fingerprint density at radius 1 is 1.39 bits per heavy atom. The lowest BCUT2D eigenvalue weighted by Crippen LogP contribution is -2.15. The zero-order chi connectivity index (χ0) is 13.8. The van der Waals surface area contributed by atoms with Gasteiger partial charge in [0.2, 0.25) is 0 Å². The van der Waals surface area contributed by atoms with Gasteiger partial charge in [-0.05, 0) is 32.1 Å². The van der Waals surface area contributed by atoms with Crippen LogP contribution in [0.1, 0.15) is 13.8 Å². The van der Waals surface area contributed by atoms with Crippen molar-refractivity contribution in [2.45, 2.75) is 13.8 Å². The third-order valence-corrected chi connectivity index (χ3v) is 2.39. The first-order valence-electron chi connectivity index (χ1n) is 4.78. The molecule has 18 heavy (non-hydrogen) atoms. The molecule has 0 bridgehead atoms. The van der Waals surface area contributed by atoms with E-state index in [9.17, 15) is 13.6 Å². The van der Waals surface area contributed by atoms with E-state index in [1.165, 1.54) is 26.3 Å². The molecule has 0 saturated heterocycles. The Morgan fingerprint density at radius 3 is 2.28 bits per heavy atom. The van der Waals surface area contributed by atoms with Crippen molar-refractivity contribution in [3.8, 4) is 0 Å². The van der Waals surface area contributed by atoms with Gasteiger partial charge in [-0.3, -0.25) is 0 Å². The second-order valence-corrected chi connectivity index (χ2v) is 4.85. The number of hydrogen-bond acceptors (Lipinski definition) is 5. The molecule has 0 spiro atoms. The number of allylic oxidation sites excluding steroid dienone is 3. The minimum Gasteiger partial charge on any atom is -0.588 e. The first-order chi connectivity index (χ1) is 8.52. The molecule has 0 aliphatic carbocycles. The van der Waals surface area contributed by atoms with Crippen LogP contribution >= 0.6 is 0 Å². The Hall–Kier alpha value is -1.38. The van der Waals surface area contributed by atoms with Gasteiger partial charge in [0, 0.05) is 12.4 Å². The summed E-state index contributed by atoms with van der Waals surface area (Å²) < 4.78 is 30.8. The number of carbonyl (C=O) groups excluding carboxylic acids is 1. The molecular weight excluding hydrogens is 276 g/mol. The summed E-state index contributed by atoms with van der Waals surface area (Å²) in [6.07, 6.45) is 9.52. The normalized spacial score (nSPS) is 22.6. The molecule has 0 saturated carbocycles. The maximum absolute atomic E-state index is 10.3. The number of nitrogens with zero attached hydrogens (tertiary/aromatic N) is 1. The van der Waals surface area contributed by atoms with E-state index >= 15 is 0 Å². The summed E-state index contributed by atoms with van der Waals surface area (Å²) in [6.45, 7) is 3.06. The molecular formula is C10H14N2O4S2. The quantitative estimate of drug-likeness (QED) is 0.673. The Balaban J connectivity index is 0.000000253. The van der Waals surface area contributed by atoms with E-state index in [2.05, 4.69) is 13.3 Å². The molecule has 2 atom stereocenters. The van der Waals surface area contributed by atoms with Gasteiger partial charge >= 0.3 is 11.3 Å². The molecule has 2 aliphatic rings. The minimum absolute atomic E-state index is 0.167. The van der Waals surface area contributed by atoms with Gasteiger partial charge in [-0.2, -0.15) is 8.61 Å². The Bertz CT molecular complexity index is 387.